The Morgan fingerprint density at radius 1 is 1.44 bits per heavy atom. The molecule has 0 saturated heterocycles. The van der Waals surface area contributed by atoms with Crippen LogP contribution in [-0.2, 0) is 4.79 Å². The predicted octanol–water partition coefficient (Wildman–Crippen LogP) is 2.44. The lowest BCUT2D eigenvalue weighted by atomic mass is 9.92. The van der Waals surface area contributed by atoms with Gasteiger partial charge < -0.3 is 16.0 Å². The van der Waals surface area contributed by atoms with Gasteiger partial charge in [0, 0.05) is 25.1 Å². The first-order chi connectivity index (χ1) is 8.27. The maximum absolute atomic E-state index is 12.1. The number of nitrogens with two attached hydrogens (primary N) is 1. The number of hydrogen-bond acceptors (Lipinski definition) is 3. The molecule has 1 aromatic rings. The summed E-state index contributed by atoms with van der Waals surface area (Å²) in [5.41, 5.74) is 6.77. The average Bonchev–Trinajstić information content (AvgIpc) is 2.28. The van der Waals surface area contributed by atoms with Crippen molar-refractivity contribution in [3.05, 3.63) is 22.7 Å². The topological polar surface area (TPSA) is 58.4 Å². The number of benzene rings is 1. The van der Waals surface area contributed by atoms with E-state index in [4.69, 9.17) is 5.73 Å². The van der Waals surface area contributed by atoms with Crippen LogP contribution in [0.15, 0.2) is 22.7 Å². The highest BCUT2D eigenvalue weighted by Crippen LogP contribution is 2.29. The van der Waals surface area contributed by atoms with Gasteiger partial charge in [-0.05, 0) is 32.0 Å². The summed E-state index contributed by atoms with van der Waals surface area (Å²) in [6, 6.07) is 5.79. The summed E-state index contributed by atoms with van der Waals surface area (Å²) < 4.78 is 0.925. The second-order valence-corrected chi connectivity index (χ2v) is 6.01. The van der Waals surface area contributed by atoms with Crippen LogP contribution in [0.2, 0.25) is 0 Å². The number of anilines is 2. The van der Waals surface area contributed by atoms with Crippen LogP contribution in [0.3, 0.4) is 0 Å². The molecule has 0 bridgehead atoms. The van der Waals surface area contributed by atoms with Gasteiger partial charge in [-0.3, -0.25) is 4.79 Å². The number of amides is 1. The van der Waals surface area contributed by atoms with Crippen LogP contribution in [0, 0.1) is 5.41 Å². The molecule has 0 aliphatic carbocycles. The minimum atomic E-state index is -0.577. The Morgan fingerprint density at radius 2 is 2.06 bits per heavy atom. The molecule has 0 spiro atoms. The van der Waals surface area contributed by atoms with E-state index in [1.54, 1.807) is 0 Å². The van der Waals surface area contributed by atoms with Gasteiger partial charge in [-0.15, -0.1) is 0 Å². The number of carbonyl (C=O) groups excluding carboxylic acids is 1. The molecule has 0 saturated carbocycles. The van der Waals surface area contributed by atoms with Crippen LogP contribution in [0.5, 0.6) is 0 Å². The molecule has 18 heavy (non-hydrogen) atoms. The Morgan fingerprint density at radius 3 is 2.56 bits per heavy atom. The first-order valence-electron chi connectivity index (χ1n) is 5.76. The van der Waals surface area contributed by atoms with E-state index in [0.29, 0.717) is 6.54 Å². The van der Waals surface area contributed by atoms with E-state index in [1.165, 1.54) is 0 Å². The molecular formula is C13H20BrN3O. The van der Waals surface area contributed by atoms with Crippen LogP contribution < -0.4 is 16.0 Å². The molecule has 0 atom stereocenters. The SMILES string of the molecule is CN(C)c1ccc(Br)cc1NC(=O)C(C)(C)CN. The lowest BCUT2D eigenvalue weighted by molar-refractivity contribution is -0.123. The summed E-state index contributed by atoms with van der Waals surface area (Å²) in [6.07, 6.45) is 0. The fourth-order valence-corrected chi connectivity index (χ4v) is 1.74. The van der Waals surface area contributed by atoms with Gasteiger partial charge in [-0.2, -0.15) is 0 Å². The third-order valence-electron chi connectivity index (χ3n) is 2.81. The van der Waals surface area contributed by atoms with E-state index in [1.807, 2.05) is 51.0 Å². The molecule has 0 aromatic heterocycles. The largest absolute Gasteiger partial charge is 0.376 e. The molecule has 1 aromatic carbocycles. The smallest absolute Gasteiger partial charge is 0.231 e. The number of hydrogen-bond donors (Lipinski definition) is 2. The lowest BCUT2D eigenvalue weighted by Crippen LogP contribution is -2.37. The first-order valence-corrected chi connectivity index (χ1v) is 6.55. The van der Waals surface area contributed by atoms with Crippen LogP contribution >= 0.6 is 15.9 Å². The van der Waals surface area contributed by atoms with Gasteiger partial charge in [0.15, 0.2) is 0 Å². The summed E-state index contributed by atoms with van der Waals surface area (Å²) in [5.74, 6) is -0.0776. The molecule has 0 heterocycles. The third kappa shape index (κ3) is 3.46. The molecule has 1 amide bonds. The minimum absolute atomic E-state index is 0.0776. The predicted molar refractivity (Wildman–Crippen MR) is 79.9 cm³/mol. The highest BCUT2D eigenvalue weighted by molar-refractivity contribution is 9.10. The van der Waals surface area contributed by atoms with E-state index in [2.05, 4.69) is 21.2 Å². The van der Waals surface area contributed by atoms with Gasteiger partial charge in [0.1, 0.15) is 0 Å². The van der Waals surface area contributed by atoms with Crippen LogP contribution in [0.25, 0.3) is 0 Å². The zero-order chi connectivity index (χ0) is 13.9. The average molecular weight is 314 g/mol. The van der Waals surface area contributed by atoms with Crippen molar-refractivity contribution in [2.45, 2.75) is 13.8 Å². The maximum atomic E-state index is 12.1. The van der Waals surface area contributed by atoms with Crippen molar-refractivity contribution in [1.82, 2.24) is 0 Å². The van der Waals surface area contributed by atoms with Crippen LogP contribution in [0.1, 0.15) is 13.8 Å². The normalized spacial score (nSPS) is 11.2. The molecule has 0 unspecified atom stereocenters. The highest BCUT2D eigenvalue weighted by Gasteiger charge is 2.26. The van der Waals surface area contributed by atoms with Crippen molar-refractivity contribution >= 4 is 33.2 Å². The molecule has 4 nitrogen and oxygen atoms in total. The van der Waals surface area contributed by atoms with Crippen molar-refractivity contribution in [1.29, 1.82) is 0 Å². The van der Waals surface area contributed by atoms with Gasteiger partial charge in [-0.25, -0.2) is 0 Å². The number of rotatable bonds is 4. The monoisotopic (exact) mass is 313 g/mol. The molecule has 0 aliphatic rings. The maximum Gasteiger partial charge on any atom is 0.231 e. The van der Waals surface area contributed by atoms with Gasteiger partial charge in [0.05, 0.1) is 16.8 Å². The molecule has 0 radical (unpaired) electrons. The molecule has 0 aliphatic heterocycles. The van der Waals surface area contributed by atoms with Crippen molar-refractivity contribution < 1.29 is 4.79 Å². The molecular weight excluding hydrogens is 294 g/mol. The van der Waals surface area contributed by atoms with Gasteiger partial charge >= 0.3 is 0 Å². The highest BCUT2D eigenvalue weighted by atomic mass is 79.9. The van der Waals surface area contributed by atoms with E-state index < -0.39 is 5.41 Å². The van der Waals surface area contributed by atoms with E-state index in [9.17, 15) is 4.79 Å². The Kier molecular flexibility index (Phi) is 4.76. The number of halogens is 1. The minimum Gasteiger partial charge on any atom is -0.376 e. The molecule has 100 valence electrons. The third-order valence-corrected chi connectivity index (χ3v) is 3.31. The summed E-state index contributed by atoms with van der Waals surface area (Å²) >= 11 is 3.41. The van der Waals surface area contributed by atoms with Gasteiger partial charge in [0.25, 0.3) is 0 Å². The first kappa shape index (κ1) is 15.0. The molecule has 3 N–H and O–H groups in total. The zero-order valence-corrected chi connectivity index (χ0v) is 12.8. The fraction of sp³-hybridized carbons (Fsp3) is 0.462. The van der Waals surface area contributed by atoms with Crippen molar-refractivity contribution in [3.8, 4) is 0 Å². The summed E-state index contributed by atoms with van der Waals surface area (Å²) in [7, 11) is 3.87. The quantitative estimate of drug-likeness (QED) is 0.897. The van der Waals surface area contributed by atoms with E-state index >= 15 is 0 Å². The Bertz CT molecular complexity index is 444. The summed E-state index contributed by atoms with van der Waals surface area (Å²) in [4.78, 5) is 14.1. The van der Waals surface area contributed by atoms with E-state index in [0.717, 1.165) is 15.8 Å². The van der Waals surface area contributed by atoms with Crippen molar-refractivity contribution in [2.75, 3.05) is 30.9 Å². The van der Waals surface area contributed by atoms with Gasteiger partial charge in [0.2, 0.25) is 5.91 Å². The molecule has 5 heteroatoms. The van der Waals surface area contributed by atoms with Gasteiger partial charge in [-0.1, -0.05) is 15.9 Å². The number of nitrogens with zero attached hydrogens (tertiary/aromatic N) is 1. The summed E-state index contributed by atoms with van der Waals surface area (Å²) in [5, 5.41) is 2.93. The van der Waals surface area contributed by atoms with E-state index in [-0.39, 0.29) is 5.91 Å². The van der Waals surface area contributed by atoms with Crippen LogP contribution in [-0.4, -0.2) is 26.5 Å². The Hall–Kier alpha value is -1.07. The number of carbonyl (C=O) groups is 1. The lowest BCUT2D eigenvalue weighted by Gasteiger charge is -2.24. The van der Waals surface area contributed by atoms with Crippen molar-refractivity contribution in [2.24, 2.45) is 11.1 Å². The standard InChI is InChI=1S/C13H20BrN3O/c1-13(2,8-15)12(18)16-10-7-9(14)5-6-11(10)17(3)4/h5-7H,8,15H2,1-4H3,(H,16,18). The summed E-state index contributed by atoms with van der Waals surface area (Å²) in [6.45, 7) is 3.97. The van der Waals surface area contributed by atoms with Crippen LogP contribution in [0.4, 0.5) is 11.4 Å². The molecule has 1 rings (SSSR count). The second-order valence-electron chi connectivity index (χ2n) is 5.10. The fourth-order valence-electron chi connectivity index (χ4n) is 1.38. The zero-order valence-electron chi connectivity index (χ0n) is 11.2. The number of nitrogens with one attached hydrogen (secondary N) is 1. The Balaban J connectivity index is 3.03. The Labute approximate surface area is 117 Å². The van der Waals surface area contributed by atoms with Crippen molar-refractivity contribution in [3.63, 3.8) is 0 Å². The molecule has 0 fully saturated rings. The second kappa shape index (κ2) is 5.71.